The monoisotopic (exact) mass is 287 g/mol. The van der Waals surface area contributed by atoms with E-state index in [1.807, 2.05) is 17.9 Å². The van der Waals surface area contributed by atoms with Crippen LogP contribution in [-0.4, -0.2) is 24.4 Å². The van der Waals surface area contributed by atoms with Crippen molar-refractivity contribution < 1.29 is 0 Å². The molecule has 1 aromatic carbocycles. The van der Waals surface area contributed by atoms with Crippen LogP contribution in [0.5, 0.6) is 0 Å². The van der Waals surface area contributed by atoms with Crippen molar-refractivity contribution in [3.05, 3.63) is 47.8 Å². The van der Waals surface area contributed by atoms with Crippen molar-refractivity contribution in [2.24, 2.45) is 7.05 Å². The molecule has 0 saturated heterocycles. The quantitative estimate of drug-likeness (QED) is 0.652. The van der Waals surface area contributed by atoms with Crippen molar-refractivity contribution in [3.8, 4) is 0 Å². The van der Waals surface area contributed by atoms with Crippen LogP contribution in [0.4, 0.5) is 0 Å². The van der Waals surface area contributed by atoms with Gasteiger partial charge in [0.1, 0.15) is 0 Å². The highest BCUT2D eigenvalue weighted by atomic mass is 28.3. The second kappa shape index (κ2) is 6.37. The molecule has 0 amide bonds. The zero-order valence-corrected chi connectivity index (χ0v) is 14.0. The van der Waals surface area contributed by atoms with E-state index in [0.717, 1.165) is 19.5 Å². The Morgan fingerprint density at radius 1 is 1.10 bits per heavy atom. The van der Waals surface area contributed by atoms with Gasteiger partial charge >= 0.3 is 0 Å². The first-order chi connectivity index (χ1) is 9.47. The molecule has 0 saturated carbocycles. The molecule has 0 unspecified atom stereocenters. The Morgan fingerprint density at radius 2 is 1.80 bits per heavy atom. The number of nitrogens with zero attached hydrogens (tertiary/aromatic N) is 2. The third-order valence-electron chi connectivity index (χ3n) is 3.63. The van der Waals surface area contributed by atoms with Crippen molar-refractivity contribution in [2.45, 2.75) is 32.6 Å². The summed E-state index contributed by atoms with van der Waals surface area (Å²) in [5, 5.41) is 9.20. The SMILES string of the molecule is Cn1nccc1CCNCc1ccc([Si](C)(C)C)cc1. The molecule has 2 aromatic rings. The van der Waals surface area contributed by atoms with Gasteiger partial charge < -0.3 is 5.32 Å². The zero-order chi connectivity index (χ0) is 14.6. The Bertz CT molecular complexity index is 538. The molecule has 1 heterocycles. The molecule has 0 radical (unpaired) electrons. The van der Waals surface area contributed by atoms with E-state index in [4.69, 9.17) is 0 Å². The summed E-state index contributed by atoms with van der Waals surface area (Å²) in [5.74, 6) is 0. The highest BCUT2D eigenvalue weighted by Crippen LogP contribution is 2.04. The fourth-order valence-corrected chi connectivity index (χ4v) is 3.38. The van der Waals surface area contributed by atoms with E-state index in [1.165, 1.54) is 16.4 Å². The van der Waals surface area contributed by atoms with E-state index in [2.05, 4.69) is 60.4 Å². The summed E-state index contributed by atoms with van der Waals surface area (Å²) >= 11 is 0. The molecule has 20 heavy (non-hydrogen) atoms. The van der Waals surface area contributed by atoms with Gasteiger partial charge in [-0.3, -0.25) is 4.68 Å². The molecule has 0 spiro atoms. The van der Waals surface area contributed by atoms with Gasteiger partial charge in [0.15, 0.2) is 0 Å². The van der Waals surface area contributed by atoms with Gasteiger partial charge in [-0.05, 0) is 11.6 Å². The first-order valence-electron chi connectivity index (χ1n) is 7.24. The van der Waals surface area contributed by atoms with Crippen LogP contribution in [-0.2, 0) is 20.0 Å². The van der Waals surface area contributed by atoms with Crippen molar-refractivity contribution in [2.75, 3.05) is 6.54 Å². The minimum atomic E-state index is -1.17. The summed E-state index contributed by atoms with van der Waals surface area (Å²) in [6.45, 7) is 9.07. The number of aromatic nitrogens is 2. The van der Waals surface area contributed by atoms with Gasteiger partial charge in [0.05, 0.1) is 8.07 Å². The molecule has 108 valence electrons. The Morgan fingerprint density at radius 3 is 2.35 bits per heavy atom. The van der Waals surface area contributed by atoms with Gasteiger partial charge in [-0.2, -0.15) is 5.10 Å². The third-order valence-corrected chi connectivity index (χ3v) is 5.69. The minimum Gasteiger partial charge on any atom is -0.312 e. The van der Waals surface area contributed by atoms with E-state index < -0.39 is 8.07 Å². The molecule has 0 aliphatic heterocycles. The average Bonchev–Trinajstić information content (AvgIpc) is 2.80. The number of nitrogens with one attached hydrogen (secondary N) is 1. The van der Waals surface area contributed by atoms with Crippen LogP contribution < -0.4 is 10.5 Å². The molecule has 0 atom stereocenters. The smallest absolute Gasteiger partial charge is 0.0775 e. The Hall–Kier alpha value is -1.39. The molecule has 0 fully saturated rings. The topological polar surface area (TPSA) is 29.9 Å². The summed E-state index contributed by atoms with van der Waals surface area (Å²) in [6.07, 6.45) is 2.87. The lowest BCUT2D eigenvalue weighted by atomic mass is 10.2. The fraction of sp³-hybridized carbons (Fsp3) is 0.438. The molecule has 3 nitrogen and oxygen atoms in total. The zero-order valence-electron chi connectivity index (χ0n) is 13.0. The summed E-state index contributed by atoms with van der Waals surface area (Å²) in [6, 6.07) is 11.2. The van der Waals surface area contributed by atoms with E-state index >= 15 is 0 Å². The minimum absolute atomic E-state index is 0.934. The molecule has 4 heteroatoms. The van der Waals surface area contributed by atoms with Gasteiger partial charge in [-0.1, -0.05) is 49.1 Å². The maximum Gasteiger partial charge on any atom is 0.0775 e. The van der Waals surface area contributed by atoms with Crippen molar-refractivity contribution in [3.63, 3.8) is 0 Å². The number of aryl methyl sites for hydroxylation is 1. The molecular weight excluding hydrogens is 262 g/mol. The first kappa shape index (κ1) is 15.0. The summed E-state index contributed by atoms with van der Waals surface area (Å²) < 4.78 is 1.93. The van der Waals surface area contributed by atoms with E-state index in [0.29, 0.717) is 0 Å². The van der Waals surface area contributed by atoms with Gasteiger partial charge in [0.25, 0.3) is 0 Å². The molecule has 0 bridgehead atoms. The van der Waals surface area contributed by atoms with Gasteiger partial charge in [-0.25, -0.2) is 0 Å². The number of hydrogen-bond acceptors (Lipinski definition) is 2. The van der Waals surface area contributed by atoms with Crippen LogP contribution >= 0.6 is 0 Å². The second-order valence-corrected chi connectivity index (χ2v) is 11.4. The highest BCUT2D eigenvalue weighted by Gasteiger charge is 2.15. The molecular formula is C16H25N3Si. The molecule has 1 N–H and O–H groups in total. The van der Waals surface area contributed by atoms with Gasteiger partial charge in [0, 0.05) is 38.4 Å². The van der Waals surface area contributed by atoms with E-state index in [-0.39, 0.29) is 0 Å². The molecule has 0 aliphatic rings. The molecule has 0 aliphatic carbocycles. The fourth-order valence-electron chi connectivity index (χ4n) is 2.22. The van der Waals surface area contributed by atoms with Crippen molar-refractivity contribution in [1.82, 2.24) is 15.1 Å². The van der Waals surface area contributed by atoms with Crippen molar-refractivity contribution in [1.29, 1.82) is 0 Å². The summed E-state index contributed by atoms with van der Waals surface area (Å²) in [5.41, 5.74) is 2.63. The second-order valence-electron chi connectivity index (χ2n) is 6.32. The lowest BCUT2D eigenvalue weighted by Crippen LogP contribution is -2.37. The van der Waals surface area contributed by atoms with E-state index in [1.54, 1.807) is 0 Å². The Balaban J connectivity index is 1.78. The van der Waals surface area contributed by atoms with Gasteiger partial charge in [-0.15, -0.1) is 0 Å². The predicted molar refractivity (Wildman–Crippen MR) is 88.0 cm³/mol. The maximum absolute atomic E-state index is 4.18. The third kappa shape index (κ3) is 4.05. The first-order valence-corrected chi connectivity index (χ1v) is 10.7. The van der Waals surface area contributed by atoms with Crippen LogP contribution in [0.15, 0.2) is 36.5 Å². The number of rotatable bonds is 6. The summed E-state index contributed by atoms with van der Waals surface area (Å²) in [4.78, 5) is 0. The predicted octanol–water partition coefficient (Wildman–Crippen LogP) is 2.30. The number of benzene rings is 1. The Labute approximate surface area is 123 Å². The van der Waals surface area contributed by atoms with Crippen LogP contribution in [0.25, 0.3) is 0 Å². The highest BCUT2D eigenvalue weighted by molar-refractivity contribution is 6.88. The normalized spacial score (nSPS) is 11.8. The van der Waals surface area contributed by atoms with Gasteiger partial charge in [0.2, 0.25) is 0 Å². The summed E-state index contributed by atoms with van der Waals surface area (Å²) in [7, 11) is 0.823. The van der Waals surface area contributed by atoms with Crippen LogP contribution in [0.1, 0.15) is 11.3 Å². The standard InChI is InChI=1S/C16H25N3Si/c1-19-15(10-12-18-19)9-11-17-13-14-5-7-16(8-6-14)20(2,3)4/h5-8,10,12,17H,9,11,13H2,1-4H3. The largest absolute Gasteiger partial charge is 0.312 e. The van der Waals surface area contributed by atoms with E-state index in [9.17, 15) is 0 Å². The maximum atomic E-state index is 4.18. The average molecular weight is 287 g/mol. The van der Waals surface area contributed by atoms with Crippen LogP contribution in [0.2, 0.25) is 19.6 Å². The Kier molecular flexibility index (Phi) is 4.78. The van der Waals surface area contributed by atoms with Crippen LogP contribution in [0, 0.1) is 0 Å². The molecule has 1 aromatic heterocycles. The van der Waals surface area contributed by atoms with Crippen LogP contribution in [0.3, 0.4) is 0 Å². The number of hydrogen-bond donors (Lipinski definition) is 1. The van der Waals surface area contributed by atoms with Crippen molar-refractivity contribution >= 4 is 13.3 Å². The lowest BCUT2D eigenvalue weighted by molar-refractivity contribution is 0.643. The lowest BCUT2D eigenvalue weighted by Gasteiger charge is -2.16. The molecule has 2 rings (SSSR count).